The lowest BCUT2D eigenvalue weighted by molar-refractivity contribution is -0.135. The first kappa shape index (κ1) is 21.1. The highest BCUT2D eigenvalue weighted by Gasteiger charge is 2.16. The summed E-state index contributed by atoms with van der Waals surface area (Å²) >= 11 is 7.55. The lowest BCUT2D eigenvalue weighted by atomic mass is 10.1. The molecule has 0 bridgehead atoms. The van der Waals surface area contributed by atoms with Gasteiger partial charge < -0.3 is 15.0 Å². The number of benzene rings is 2. The minimum atomic E-state index is -0.281. The standard InChI is InChI=1S/C20H23ClN2O3S/c1-13-9-15(21)10-14(2)20(13)26-12-19(25)23(3)11-18(24)22-16-7-5-6-8-17(16)27-4/h5-10H,11-12H2,1-4H3,(H,22,24). The summed E-state index contributed by atoms with van der Waals surface area (Å²) in [4.78, 5) is 26.9. The summed E-state index contributed by atoms with van der Waals surface area (Å²) in [6, 6.07) is 11.1. The Morgan fingerprint density at radius 1 is 1.19 bits per heavy atom. The van der Waals surface area contributed by atoms with Gasteiger partial charge in [-0.05, 0) is 55.5 Å². The molecular formula is C20H23ClN2O3S. The molecule has 144 valence electrons. The molecule has 0 atom stereocenters. The number of carbonyl (C=O) groups is 2. The third-order valence-corrected chi connectivity index (χ3v) is 4.97. The van der Waals surface area contributed by atoms with Gasteiger partial charge in [0.2, 0.25) is 5.91 Å². The van der Waals surface area contributed by atoms with Gasteiger partial charge in [-0.25, -0.2) is 0 Å². The Morgan fingerprint density at radius 3 is 2.44 bits per heavy atom. The van der Waals surface area contributed by atoms with Gasteiger partial charge in [0.25, 0.3) is 5.91 Å². The average Bonchev–Trinajstić information content (AvgIpc) is 2.60. The topological polar surface area (TPSA) is 58.6 Å². The number of thioether (sulfide) groups is 1. The van der Waals surface area contributed by atoms with E-state index in [2.05, 4.69) is 5.32 Å². The molecule has 0 unspecified atom stereocenters. The van der Waals surface area contributed by atoms with Crippen molar-refractivity contribution in [3.8, 4) is 5.75 Å². The molecule has 0 fully saturated rings. The number of carbonyl (C=O) groups excluding carboxylic acids is 2. The van der Waals surface area contributed by atoms with Crippen LogP contribution in [-0.2, 0) is 9.59 Å². The first-order chi connectivity index (χ1) is 12.8. The number of anilines is 1. The van der Waals surface area contributed by atoms with E-state index >= 15 is 0 Å². The molecule has 0 heterocycles. The highest BCUT2D eigenvalue weighted by Crippen LogP contribution is 2.27. The summed E-state index contributed by atoms with van der Waals surface area (Å²) in [6.45, 7) is 3.55. The van der Waals surface area contributed by atoms with Crippen LogP contribution in [0.25, 0.3) is 0 Å². The molecule has 0 aliphatic rings. The Kier molecular flexibility index (Phi) is 7.56. The van der Waals surface area contributed by atoms with E-state index in [1.807, 2.05) is 44.4 Å². The number of nitrogens with zero attached hydrogens (tertiary/aromatic N) is 1. The molecule has 1 N–H and O–H groups in total. The van der Waals surface area contributed by atoms with E-state index in [0.29, 0.717) is 10.8 Å². The molecule has 2 rings (SSSR count). The van der Waals surface area contributed by atoms with E-state index in [1.165, 1.54) is 4.90 Å². The summed E-state index contributed by atoms with van der Waals surface area (Å²) in [5.41, 5.74) is 2.46. The molecule has 0 aliphatic heterocycles. The Balaban J connectivity index is 1.91. The van der Waals surface area contributed by atoms with Crippen molar-refractivity contribution in [3.05, 3.63) is 52.5 Å². The second-order valence-electron chi connectivity index (χ2n) is 6.16. The first-order valence-corrected chi connectivity index (χ1v) is 9.98. The van der Waals surface area contributed by atoms with Crippen LogP contribution in [0.1, 0.15) is 11.1 Å². The summed E-state index contributed by atoms with van der Waals surface area (Å²) in [7, 11) is 1.58. The summed E-state index contributed by atoms with van der Waals surface area (Å²) < 4.78 is 5.66. The normalized spacial score (nSPS) is 10.4. The third kappa shape index (κ3) is 5.91. The fourth-order valence-electron chi connectivity index (χ4n) is 2.61. The maximum atomic E-state index is 12.3. The van der Waals surface area contributed by atoms with Gasteiger partial charge in [0.05, 0.1) is 12.2 Å². The molecular weight excluding hydrogens is 384 g/mol. The molecule has 27 heavy (non-hydrogen) atoms. The number of halogens is 1. The van der Waals surface area contributed by atoms with Crippen molar-refractivity contribution in [1.82, 2.24) is 4.90 Å². The van der Waals surface area contributed by atoms with Gasteiger partial charge in [0.15, 0.2) is 6.61 Å². The number of para-hydroxylation sites is 1. The number of rotatable bonds is 7. The Bertz CT molecular complexity index is 819. The molecule has 7 heteroatoms. The SMILES string of the molecule is CSc1ccccc1NC(=O)CN(C)C(=O)COc1c(C)cc(Cl)cc1C. The van der Waals surface area contributed by atoms with E-state index < -0.39 is 0 Å². The molecule has 0 aliphatic carbocycles. The number of nitrogens with one attached hydrogen (secondary N) is 1. The van der Waals surface area contributed by atoms with Crippen molar-refractivity contribution >= 4 is 40.9 Å². The van der Waals surface area contributed by atoms with E-state index in [1.54, 1.807) is 30.9 Å². The second kappa shape index (κ2) is 9.67. The van der Waals surface area contributed by atoms with Crippen LogP contribution in [0.15, 0.2) is 41.3 Å². The van der Waals surface area contributed by atoms with Crippen molar-refractivity contribution < 1.29 is 14.3 Å². The Morgan fingerprint density at radius 2 is 1.81 bits per heavy atom. The van der Waals surface area contributed by atoms with Crippen LogP contribution < -0.4 is 10.1 Å². The number of hydrogen-bond donors (Lipinski definition) is 1. The zero-order valence-electron chi connectivity index (χ0n) is 15.8. The second-order valence-corrected chi connectivity index (χ2v) is 7.44. The van der Waals surface area contributed by atoms with Crippen LogP contribution in [0, 0.1) is 13.8 Å². The molecule has 0 aromatic heterocycles. The van der Waals surface area contributed by atoms with Crippen LogP contribution in [0.4, 0.5) is 5.69 Å². The predicted molar refractivity (Wildman–Crippen MR) is 111 cm³/mol. The monoisotopic (exact) mass is 406 g/mol. The zero-order valence-corrected chi connectivity index (χ0v) is 17.4. The summed E-state index contributed by atoms with van der Waals surface area (Å²) in [5, 5.41) is 3.46. The van der Waals surface area contributed by atoms with Gasteiger partial charge in [-0.3, -0.25) is 9.59 Å². The number of hydrogen-bond acceptors (Lipinski definition) is 4. The Labute approximate surface area is 169 Å². The molecule has 0 saturated heterocycles. The van der Waals surface area contributed by atoms with Crippen molar-refractivity contribution in [2.45, 2.75) is 18.7 Å². The number of ether oxygens (including phenoxy) is 1. The zero-order chi connectivity index (χ0) is 20.0. The minimum absolute atomic E-state index is 0.0521. The largest absolute Gasteiger partial charge is 0.483 e. The quantitative estimate of drug-likeness (QED) is 0.701. The highest BCUT2D eigenvalue weighted by atomic mass is 35.5. The van der Waals surface area contributed by atoms with Crippen molar-refractivity contribution in [2.24, 2.45) is 0 Å². The van der Waals surface area contributed by atoms with Gasteiger partial charge in [-0.15, -0.1) is 11.8 Å². The van der Waals surface area contributed by atoms with Gasteiger partial charge in [0.1, 0.15) is 5.75 Å². The fourth-order valence-corrected chi connectivity index (χ4v) is 3.49. The van der Waals surface area contributed by atoms with E-state index in [9.17, 15) is 9.59 Å². The molecule has 0 radical (unpaired) electrons. The third-order valence-electron chi connectivity index (χ3n) is 3.95. The lowest BCUT2D eigenvalue weighted by Crippen LogP contribution is -2.37. The van der Waals surface area contributed by atoms with Crippen LogP contribution in [0.5, 0.6) is 5.75 Å². The summed E-state index contributed by atoms with van der Waals surface area (Å²) in [6.07, 6.45) is 1.94. The number of aryl methyl sites for hydroxylation is 2. The van der Waals surface area contributed by atoms with Crippen molar-refractivity contribution in [1.29, 1.82) is 0 Å². The van der Waals surface area contributed by atoms with E-state index in [0.717, 1.165) is 21.7 Å². The van der Waals surface area contributed by atoms with Crippen LogP contribution in [0.3, 0.4) is 0 Å². The summed E-state index contributed by atoms with van der Waals surface area (Å²) in [5.74, 6) is 0.0998. The molecule has 0 saturated carbocycles. The predicted octanol–water partition coefficient (Wildman–Crippen LogP) is 4.15. The smallest absolute Gasteiger partial charge is 0.260 e. The Hall–Kier alpha value is -2.18. The molecule has 5 nitrogen and oxygen atoms in total. The lowest BCUT2D eigenvalue weighted by Gasteiger charge is -2.19. The maximum Gasteiger partial charge on any atom is 0.260 e. The van der Waals surface area contributed by atoms with Crippen molar-refractivity contribution in [2.75, 3.05) is 31.8 Å². The fraction of sp³-hybridized carbons (Fsp3) is 0.300. The van der Waals surface area contributed by atoms with Crippen molar-refractivity contribution in [3.63, 3.8) is 0 Å². The van der Waals surface area contributed by atoms with Gasteiger partial charge >= 0.3 is 0 Å². The van der Waals surface area contributed by atoms with Crippen LogP contribution in [0.2, 0.25) is 5.02 Å². The minimum Gasteiger partial charge on any atom is -0.483 e. The van der Waals surface area contributed by atoms with E-state index in [4.69, 9.17) is 16.3 Å². The maximum absolute atomic E-state index is 12.3. The van der Waals surface area contributed by atoms with E-state index in [-0.39, 0.29) is 25.0 Å². The molecule has 2 amide bonds. The van der Waals surface area contributed by atoms with Gasteiger partial charge in [-0.1, -0.05) is 23.7 Å². The van der Waals surface area contributed by atoms with Crippen LogP contribution in [-0.4, -0.2) is 43.2 Å². The number of likely N-dealkylation sites (N-methyl/N-ethyl adjacent to an activating group) is 1. The average molecular weight is 407 g/mol. The first-order valence-electron chi connectivity index (χ1n) is 8.38. The molecule has 2 aromatic rings. The van der Waals surface area contributed by atoms with Crippen LogP contribution >= 0.6 is 23.4 Å². The number of amides is 2. The molecule has 2 aromatic carbocycles. The van der Waals surface area contributed by atoms with Gasteiger partial charge in [-0.2, -0.15) is 0 Å². The van der Waals surface area contributed by atoms with Gasteiger partial charge in [0, 0.05) is 17.0 Å². The molecule has 0 spiro atoms. The highest BCUT2D eigenvalue weighted by molar-refractivity contribution is 7.98.